The van der Waals surface area contributed by atoms with Crippen LogP contribution in [0.2, 0.25) is 0 Å². The number of aromatic hydroxyl groups is 3. The molecule has 0 spiro atoms. The van der Waals surface area contributed by atoms with E-state index in [1.165, 1.54) is 12.2 Å². The molecule has 0 radical (unpaired) electrons. The lowest BCUT2D eigenvalue weighted by Crippen LogP contribution is -2.17. The summed E-state index contributed by atoms with van der Waals surface area (Å²) in [5.74, 6) is -3.58. The third kappa shape index (κ3) is 2.17. The highest BCUT2D eigenvalue weighted by Gasteiger charge is 2.31. The Balaban J connectivity index is 2.26. The van der Waals surface area contributed by atoms with Crippen LogP contribution in [-0.4, -0.2) is 25.5 Å². The molecule has 120 valence electrons. The van der Waals surface area contributed by atoms with Crippen molar-refractivity contribution in [1.82, 2.24) is 0 Å². The Hall–Kier alpha value is -3.09. The highest BCUT2D eigenvalue weighted by Crippen LogP contribution is 2.40. The number of aliphatic hydroxyl groups is 2. The van der Waals surface area contributed by atoms with Crippen LogP contribution in [0.5, 0.6) is 17.2 Å². The van der Waals surface area contributed by atoms with Gasteiger partial charge in [0.05, 0.1) is 0 Å². The van der Waals surface area contributed by atoms with Crippen molar-refractivity contribution in [2.75, 3.05) is 0 Å². The van der Waals surface area contributed by atoms with Gasteiger partial charge in [0.25, 0.3) is 0 Å². The first kappa shape index (κ1) is 14.8. The van der Waals surface area contributed by atoms with Gasteiger partial charge in [0.15, 0.2) is 11.5 Å². The zero-order valence-electron chi connectivity index (χ0n) is 12.0. The van der Waals surface area contributed by atoms with Crippen molar-refractivity contribution in [3.8, 4) is 17.2 Å². The minimum atomic E-state index is -0.849. The van der Waals surface area contributed by atoms with Crippen molar-refractivity contribution in [3.05, 3.63) is 51.8 Å². The molecule has 1 aromatic carbocycles. The second kappa shape index (κ2) is 4.98. The second-order valence-electron chi connectivity index (χ2n) is 5.43. The number of rotatable bonds is 1. The lowest BCUT2D eigenvalue weighted by Gasteiger charge is -2.24. The summed E-state index contributed by atoms with van der Waals surface area (Å²) in [4.78, 5) is 12.3. The van der Waals surface area contributed by atoms with Gasteiger partial charge in [-0.25, -0.2) is 0 Å². The van der Waals surface area contributed by atoms with Crippen LogP contribution in [0.3, 0.4) is 0 Å². The predicted octanol–water partition coefficient (Wildman–Crippen LogP) is 2.53. The molecule has 23 heavy (non-hydrogen) atoms. The Bertz CT molecular complexity index is 920. The van der Waals surface area contributed by atoms with Gasteiger partial charge in [0.1, 0.15) is 28.2 Å². The van der Waals surface area contributed by atoms with Gasteiger partial charge in [-0.3, -0.25) is 4.79 Å². The summed E-state index contributed by atoms with van der Waals surface area (Å²) in [6, 6.07) is 2.11. The van der Waals surface area contributed by atoms with Crippen molar-refractivity contribution in [1.29, 1.82) is 0 Å². The first-order valence-corrected chi connectivity index (χ1v) is 6.83. The largest absolute Gasteiger partial charge is 0.508 e. The van der Waals surface area contributed by atoms with Crippen molar-refractivity contribution < 1.29 is 29.9 Å². The average Bonchev–Trinajstić information content (AvgIpc) is 2.48. The number of allylic oxidation sites excluding steroid dienone is 3. The molecular formula is C16H14O7. The molecule has 1 heterocycles. The van der Waals surface area contributed by atoms with Gasteiger partial charge in [-0.2, -0.15) is 0 Å². The molecule has 0 aliphatic heterocycles. The van der Waals surface area contributed by atoms with Gasteiger partial charge in [-0.15, -0.1) is 0 Å². The molecule has 7 heteroatoms. The van der Waals surface area contributed by atoms with Gasteiger partial charge in [-0.1, -0.05) is 13.0 Å². The third-order valence-electron chi connectivity index (χ3n) is 3.96. The smallest absolute Gasteiger partial charge is 0.238 e. The molecular weight excluding hydrogens is 304 g/mol. The summed E-state index contributed by atoms with van der Waals surface area (Å²) < 4.78 is 5.49. The van der Waals surface area contributed by atoms with Crippen LogP contribution in [0.25, 0.3) is 11.0 Å². The van der Waals surface area contributed by atoms with E-state index < -0.39 is 28.8 Å². The van der Waals surface area contributed by atoms with E-state index in [2.05, 4.69) is 0 Å². The Morgan fingerprint density at radius 2 is 1.78 bits per heavy atom. The van der Waals surface area contributed by atoms with E-state index in [1.54, 1.807) is 6.92 Å². The molecule has 3 rings (SSSR count). The maximum Gasteiger partial charge on any atom is 0.238 e. The summed E-state index contributed by atoms with van der Waals surface area (Å²) in [5.41, 5.74) is -0.947. The molecule has 2 atom stereocenters. The van der Waals surface area contributed by atoms with Crippen molar-refractivity contribution in [2.24, 2.45) is 5.92 Å². The van der Waals surface area contributed by atoms with Crippen molar-refractivity contribution in [3.63, 3.8) is 0 Å². The Morgan fingerprint density at radius 3 is 2.48 bits per heavy atom. The molecule has 1 aliphatic carbocycles. The van der Waals surface area contributed by atoms with Gasteiger partial charge in [0, 0.05) is 24.0 Å². The Labute approximate surface area is 129 Å². The van der Waals surface area contributed by atoms with Crippen LogP contribution >= 0.6 is 0 Å². The maximum atomic E-state index is 12.3. The summed E-state index contributed by atoms with van der Waals surface area (Å²) in [6.07, 6.45) is 2.72. The molecule has 0 saturated carbocycles. The number of hydrogen-bond acceptors (Lipinski definition) is 7. The van der Waals surface area contributed by atoms with Crippen LogP contribution in [0.15, 0.2) is 45.0 Å². The van der Waals surface area contributed by atoms with Gasteiger partial charge in [-0.05, 0) is 6.08 Å². The molecule has 1 aliphatic rings. The SMILES string of the molecule is C[C@@H]1C(O)=C(O)C=CC1c1oc2cc(O)cc(O)c2c(=O)c1O. The summed E-state index contributed by atoms with van der Waals surface area (Å²) in [6.45, 7) is 1.59. The normalized spacial score (nSPS) is 21.1. The first-order chi connectivity index (χ1) is 10.8. The zero-order valence-corrected chi connectivity index (χ0v) is 12.0. The van der Waals surface area contributed by atoms with Crippen LogP contribution in [0.4, 0.5) is 0 Å². The highest BCUT2D eigenvalue weighted by atomic mass is 16.4. The van der Waals surface area contributed by atoms with E-state index in [4.69, 9.17) is 4.42 Å². The molecule has 0 fully saturated rings. The standard InChI is InChI=1S/C16H14O7/c1-6-8(2-3-9(18)13(6)20)16-15(22)14(21)12-10(19)4-7(17)5-11(12)23-16/h2-6,8,17-20,22H,1H3/t6-,8?/m0/s1. The fourth-order valence-corrected chi connectivity index (χ4v) is 2.68. The summed E-state index contributed by atoms with van der Waals surface area (Å²) >= 11 is 0. The number of phenolic OH excluding ortho intramolecular Hbond substituents is 2. The molecule has 0 saturated heterocycles. The monoisotopic (exact) mass is 318 g/mol. The Morgan fingerprint density at radius 1 is 1.09 bits per heavy atom. The number of fused-ring (bicyclic) bond motifs is 1. The third-order valence-corrected chi connectivity index (χ3v) is 3.96. The lowest BCUT2D eigenvalue weighted by molar-refractivity contribution is 0.262. The fraction of sp³-hybridized carbons (Fsp3) is 0.188. The van der Waals surface area contributed by atoms with Gasteiger partial charge >= 0.3 is 0 Å². The van der Waals surface area contributed by atoms with E-state index in [9.17, 15) is 30.3 Å². The topological polar surface area (TPSA) is 131 Å². The van der Waals surface area contributed by atoms with E-state index in [-0.39, 0.29) is 34.0 Å². The highest BCUT2D eigenvalue weighted by molar-refractivity contribution is 5.85. The second-order valence-corrected chi connectivity index (χ2v) is 5.43. The quantitative estimate of drug-likeness (QED) is 0.546. The first-order valence-electron chi connectivity index (χ1n) is 6.83. The maximum absolute atomic E-state index is 12.3. The number of benzene rings is 1. The number of aliphatic hydroxyl groups excluding tert-OH is 2. The molecule has 0 amide bonds. The minimum absolute atomic E-state index is 0.0980. The minimum Gasteiger partial charge on any atom is -0.508 e. The zero-order chi connectivity index (χ0) is 16.9. The molecule has 7 nitrogen and oxygen atoms in total. The number of phenols is 2. The summed E-state index contributed by atoms with van der Waals surface area (Å²) in [7, 11) is 0. The fourth-order valence-electron chi connectivity index (χ4n) is 2.68. The van der Waals surface area contributed by atoms with Crippen LogP contribution in [0.1, 0.15) is 18.6 Å². The average molecular weight is 318 g/mol. The van der Waals surface area contributed by atoms with E-state index >= 15 is 0 Å². The Kier molecular flexibility index (Phi) is 3.21. The molecule has 5 N–H and O–H groups in total. The molecule has 2 aromatic rings. The molecule has 0 bridgehead atoms. The van der Waals surface area contributed by atoms with Crippen molar-refractivity contribution in [2.45, 2.75) is 12.8 Å². The lowest BCUT2D eigenvalue weighted by atomic mass is 9.85. The van der Waals surface area contributed by atoms with Gasteiger partial charge in [0.2, 0.25) is 11.2 Å². The van der Waals surface area contributed by atoms with E-state index in [1.807, 2.05) is 0 Å². The van der Waals surface area contributed by atoms with Crippen LogP contribution in [0, 0.1) is 5.92 Å². The predicted molar refractivity (Wildman–Crippen MR) is 80.8 cm³/mol. The van der Waals surface area contributed by atoms with E-state index in [0.717, 1.165) is 12.1 Å². The number of hydrogen-bond donors (Lipinski definition) is 5. The van der Waals surface area contributed by atoms with Gasteiger partial charge < -0.3 is 29.9 Å². The van der Waals surface area contributed by atoms with Crippen LogP contribution in [-0.2, 0) is 0 Å². The molecule has 1 unspecified atom stereocenters. The summed E-state index contributed by atoms with van der Waals surface area (Å²) in [5, 5.41) is 48.5. The van der Waals surface area contributed by atoms with Crippen molar-refractivity contribution >= 4 is 11.0 Å². The molecule has 1 aromatic heterocycles. The van der Waals surface area contributed by atoms with E-state index in [0.29, 0.717) is 0 Å². The van der Waals surface area contributed by atoms with Crippen LogP contribution < -0.4 is 5.43 Å².